The Morgan fingerprint density at radius 3 is 3.13 bits per heavy atom. The van der Waals surface area contributed by atoms with Crippen molar-refractivity contribution in [1.82, 2.24) is 10.3 Å². The van der Waals surface area contributed by atoms with Crippen LogP contribution in [0.15, 0.2) is 24.4 Å². The summed E-state index contributed by atoms with van der Waals surface area (Å²) in [5.41, 5.74) is 1.09. The fourth-order valence-corrected chi connectivity index (χ4v) is 1.78. The summed E-state index contributed by atoms with van der Waals surface area (Å²) < 4.78 is 0. The maximum absolute atomic E-state index is 4.28. The lowest BCUT2D eigenvalue weighted by molar-refractivity contribution is -0.459. The van der Waals surface area contributed by atoms with Crippen molar-refractivity contribution in [1.29, 1.82) is 0 Å². The van der Waals surface area contributed by atoms with E-state index in [1.165, 1.54) is 25.1 Å². The van der Waals surface area contributed by atoms with E-state index >= 15 is 0 Å². The largest absolute Gasteiger partial charge is 0.279 e. The Hall–Kier alpha value is -1.38. The fourth-order valence-electron chi connectivity index (χ4n) is 1.78. The maximum atomic E-state index is 4.28. The molecule has 1 aliphatic rings. The summed E-state index contributed by atoms with van der Waals surface area (Å²) in [5.74, 6) is 1.28. The third kappa shape index (κ3) is 3.35. The van der Waals surface area contributed by atoms with Gasteiger partial charge in [-0.3, -0.25) is 15.3 Å². The summed E-state index contributed by atoms with van der Waals surface area (Å²) in [6, 6.07) is 6.01. The molecule has 0 aromatic carbocycles. The molecule has 0 bridgehead atoms. The number of aromatic nitrogens is 1. The van der Waals surface area contributed by atoms with Crippen molar-refractivity contribution in [2.75, 3.05) is 6.54 Å². The molecule has 0 spiro atoms. The Labute approximate surface area is 90.6 Å². The molecule has 0 saturated heterocycles. The number of pyridine rings is 1. The van der Waals surface area contributed by atoms with Gasteiger partial charge < -0.3 is 0 Å². The van der Waals surface area contributed by atoms with E-state index in [2.05, 4.69) is 15.3 Å². The van der Waals surface area contributed by atoms with Crippen LogP contribution in [0.2, 0.25) is 0 Å². The van der Waals surface area contributed by atoms with Gasteiger partial charge in [-0.1, -0.05) is 6.07 Å². The van der Waals surface area contributed by atoms with Crippen molar-refractivity contribution >= 4 is 5.84 Å². The fraction of sp³-hybridized carbons (Fsp3) is 0.500. The van der Waals surface area contributed by atoms with E-state index in [1.54, 1.807) is 0 Å². The lowest BCUT2D eigenvalue weighted by Gasteiger charge is -2.00. The van der Waals surface area contributed by atoms with Crippen LogP contribution < -0.4 is 10.3 Å². The maximum Gasteiger partial charge on any atom is 0.242 e. The molecule has 0 saturated carbocycles. The number of rotatable bonds is 2. The monoisotopic (exact) mass is 204 g/mol. The second kappa shape index (κ2) is 5.49. The van der Waals surface area contributed by atoms with E-state index in [4.69, 9.17) is 0 Å². The van der Waals surface area contributed by atoms with Crippen LogP contribution in [0.3, 0.4) is 0 Å². The normalized spacial score (nSPS) is 16.7. The van der Waals surface area contributed by atoms with E-state index in [0.29, 0.717) is 0 Å². The summed E-state index contributed by atoms with van der Waals surface area (Å²) >= 11 is 0. The number of nitrogens with one attached hydrogen (secondary N) is 2. The molecular formula is C12H18N3+. The second-order valence-corrected chi connectivity index (χ2v) is 3.89. The zero-order valence-corrected chi connectivity index (χ0v) is 9.00. The van der Waals surface area contributed by atoms with Gasteiger partial charge in [0.1, 0.15) is 6.54 Å². The highest BCUT2D eigenvalue weighted by Gasteiger charge is 2.09. The first-order valence-corrected chi connectivity index (χ1v) is 5.68. The molecule has 15 heavy (non-hydrogen) atoms. The lowest BCUT2D eigenvalue weighted by atomic mass is 10.2. The molecule has 0 amide bonds. The Kier molecular flexibility index (Phi) is 3.71. The van der Waals surface area contributed by atoms with Crippen molar-refractivity contribution in [2.45, 2.75) is 32.2 Å². The predicted octanol–water partition coefficient (Wildman–Crippen LogP) is 0.224. The molecule has 0 unspecified atom stereocenters. The molecule has 1 aromatic rings. The Bertz CT molecular complexity index is 319. The minimum Gasteiger partial charge on any atom is -0.279 e. The van der Waals surface area contributed by atoms with Crippen LogP contribution in [0.5, 0.6) is 0 Å². The molecule has 2 N–H and O–H groups in total. The highest BCUT2D eigenvalue weighted by atomic mass is 15.0. The van der Waals surface area contributed by atoms with E-state index in [0.717, 1.165) is 25.2 Å². The van der Waals surface area contributed by atoms with Gasteiger partial charge in [-0.05, 0) is 31.4 Å². The van der Waals surface area contributed by atoms with Crippen LogP contribution in [0, 0.1) is 0 Å². The predicted molar refractivity (Wildman–Crippen MR) is 60.4 cm³/mol. The first-order chi connectivity index (χ1) is 7.45. The van der Waals surface area contributed by atoms with E-state index < -0.39 is 0 Å². The molecule has 3 heteroatoms. The van der Waals surface area contributed by atoms with E-state index in [1.807, 2.05) is 24.4 Å². The van der Waals surface area contributed by atoms with Crippen molar-refractivity contribution in [3.8, 4) is 0 Å². The van der Waals surface area contributed by atoms with Gasteiger partial charge in [-0.15, -0.1) is 0 Å². The summed E-state index contributed by atoms with van der Waals surface area (Å²) in [6.45, 7) is 1.92. The molecule has 80 valence electrons. The van der Waals surface area contributed by atoms with Crippen LogP contribution in [-0.4, -0.2) is 17.4 Å². The van der Waals surface area contributed by atoms with Gasteiger partial charge in [0.15, 0.2) is 0 Å². The van der Waals surface area contributed by atoms with Gasteiger partial charge in [0.2, 0.25) is 5.84 Å². The first-order valence-electron chi connectivity index (χ1n) is 5.68. The number of nitrogens with zero attached hydrogens (tertiary/aromatic N) is 1. The summed E-state index contributed by atoms with van der Waals surface area (Å²) in [7, 11) is 0. The summed E-state index contributed by atoms with van der Waals surface area (Å²) in [4.78, 5) is 7.71. The zero-order valence-electron chi connectivity index (χ0n) is 9.00. The SMILES string of the molecule is c1ccc(CNC2=[NH+]CCCCC2)nc1. The average molecular weight is 204 g/mol. The summed E-state index contributed by atoms with van der Waals surface area (Å²) in [6.07, 6.45) is 6.89. The molecule has 0 radical (unpaired) electrons. The molecule has 0 aliphatic carbocycles. The zero-order chi connectivity index (χ0) is 10.3. The van der Waals surface area contributed by atoms with E-state index in [-0.39, 0.29) is 0 Å². The van der Waals surface area contributed by atoms with Gasteiger partial charge >= 0.3 is 0 Å². The van der Waals surface area contributed by atoms with Gasteiger partial charge in [-0.2, -0.15) is 0 Å². The first kappa shape index (κ1) is 10.1. The number of hydrogen-bond acceptors (Lipinski definition) is 2. The lowest BCUT2D eigenvalue weighted by Crippen LogP contribution is -2.75. The van der Waals surface area contributed by atoms with Gasteiger partial charge in [0, 0.05) is 12.6 Å². The van der Waals surface area contributed by atoms with Crippen LogP contribution in [0.25, 0.3) is 0 Å². The Balaban J connectivity index is 1.84. The molecular weight excluding hydrogens is 186 g/mol. The molecule has 1 aliphatic heterocycles. The smallest absolute Gasteiger partial charge is 0.242 e. The number of hydrogen-bond donors (Lipinski definition) is 2. The van der Waals surface area contributed by atoms with Crippen LogP contribution in [0.4, 0.5) is 0 Å². The number of amidine groups is 1. The quantitative estimate of drug-likeness (QED) is 0.723. The Morgan fingerprint density at radius 1 is 1.27 bits per heavy atom. The van der Waals surface area contributed by atoms with Crippen LogP contribution in [-0.2, 0) is 6.54 Å². The van der Waals surface area contributed by atoms with Crippen molar-refractivity contribution < 1.29 is 4.99 Å². The van der Waals surface area contributed by atoms with Crippen molar-refractivity contribution in [2.24, 2.45) is 0 Å². The second-order valence-electron chi connectivity index (χ2n) is 3.89. The molecule has 3 nitrogen and oxygen atoms in total. The third-order valence-corrected chi connectivity index (χ3v) is 2.65. The highest BCUT2D eigenvalue weighted by Crippen LogP contribution is 2.00. The minimum atomic E-state index is 0.823. The standard InChI is InChI=1S/C12H17N3/c1-2-7-12(14-9-4-1)15-10-11-6-3-5-8-13-11/h3,5-6,8H,1-2,4,7,9-10H2,(H,14,15)/p+1. The topological polar surface area (TPSA) is 38.9 Å². The molecule has 0 atom stereocenters. The molecule has 1 aromatic heterocycles. The molecule has 2 rings (SSSR count). The highest BCUT2D eigenvalue weighted by molar-refractivity contribution is 5.76. The van der Waals surface area contributed by atoms with E-state index in [9.17, 15) is 0 Å². The van der Waals surface area contributed by atoms with Gasteiger partial charge in [0.05, 0.1) is 12.2 Å². The van der Waals surface area contributed by atoms with Crippen LogP contribution in [0.1, 0.15) is 31.4 Å². The minimum absolute atomic E-state index is 0.823. The molecule has 0 fully saturated rings. The van der Waals surface area contributed by atoms with Crippen molar-refractivity contribution in [3.05, 3.63) is 30.1 Å². The summed E-state index contributed by atoms with van der Waals surface area (Å²) in [5, 5.41) is 3.42. The molecule has 2 heterocycles. The van der Waals surface area contributed by atoms with Crippen molar-refractivity contribution in [3.63, 3.8) is 0 Å². The third-order valence-electron chi connectivity index (χ3n) is 2.65. The Morgan fingerprint density at radius 2 is 2.27 bits per heavy atom. The average Bonchev–Trinajstić information content (AvgIpc) is 2.56. The van der Waals surface area contributed by atoms with Crippen LogP contribution >= 0.6 is 0 Å². The van der Waals surface area contributed by atoms with Gasteiger partial charge in [-0.25, -0.2) is 0 Å². The van der Waals surface area contributed by atoms with Gasteiger partial charge in [0.25, 0.3) is 0 Å².